The molecule has 26 heavy (non-hydrogen) atoms. The van der Waals surface area contributed by atoms with Gasteiger partial charge in [-0.15, -0.1) is 0 Å². The number of carbonyl (C=O) groups is 2. The standard InChI is InChI=1S/C19H19N3O2S2/c1-25-12-11-15(20-17(23)13-7-3-2-4-8-13)18(24)22-19-21-14-9-5-6-10-16(14)26-19/h2-10,15H,11-12H2,1H3,(H,20,23)(H,21,22,24). The van der Waals surface area contributed by atoms with Gasteiger partial charge in [0.05, 0.1) is 10.2 Å². The Labute approximate surface area is 160 Å². The van der Waals surface area contributed by atoms with Crippen LogP contribution < -0.4 is 10.6 Å². The molecule has 0 saturated carbocycles. The second kappa shape index (κ2) is 8.82. The van der Waals surface area contributed by atoms with Gasteiger partial charge >= 0.3 is 0 Å². The van der Waals surface area contributed by atoms with Gasteiger partial charge in [-0.2, -0.15) is 11.8 Å². The van der Waals surface area contributed by atoms with Gasteiger partial charge in [-0.3, -0.25) is 9.59 Å². The van der Waals surface area contributed by atoms with E-state index in [-0.39, 0.29) is 11.8 Å². The smallest absolute Gasteiger partial charge is 0.251 e. The number of nitrogens with one attached hydrogen (secondary N) is 2. The van der Waals surface area contributed by atoms with Crippen LogP contribution >= 0.6 is 23.1 Å². The maximum atomic E-state index is 12.7. The number of rotatable bonds is 7. The van der Waals surface area contributed by atoms with Gasteiger partial charge in [0.25, 0.3) is 5.91 Å². The Morgan fingerprint density at radius 3 is 2.58 bits per heavy atom. The summed E-state index contributed by atoms with van der Waals surface area (Å²) in [5.41, 5.74) is 1.39. The average molecular weight is 386 g/mol. The highest BCUT2D eigenvalue weighted by Gasteiger charge is 2.22. The van der Waals surface area contributed by atoms with Crippen molar-refractivity contribution in [3.63, 3.8) is 0 Å². The molecule has 2 N–H and O–H groups in total. The number of nitrogens with zero attached hydrogens (tertiary/aromatic N) is 1. The van der Waals surface area contributed by atoms with Gasteiger partial charge in [0.15, 0.2) is 5.13 Å². The number of amides is 2. The highest BCUT2D eigenvalue weighted by atomic mass is 32.2. The van der Waals surface area contributed by atoms with Crippen LogP contribution in [0.1, 0.15) is 16.8 Å². The predicted molar refractivity (Wildman–Crippen MR) is 109 cm³/mol. The van der Waals surface area contributed by atoms with Crippen molar-refractivity contribution in [3.8, 4) is 0 Å². The summed E-state index contributed by atoms with van der Waals surface area (Å²) in [6.45, 7) is 0. The Morgan fingerprint density at radius 2 is 1.85 bits per heavy atom. The number of aromatic nitrogens is 1. The molecule has 134 valence electrons. The quantitative estimate of drug-likeness (QED) is 0.649. The lowest BCUT2D eigenvalue weighted by molar-refractivity contribution is -0.118. The van der Waals surface area contributed by atoms with Crippen LogP contribution in [0.25, 0.3) is 10.2 Å². The molecule has 0 aliphatic heterocycles. The second-order valence-electron chi connectivity index (χ2n) is 5.65. The number of para-hydroxylation sites is 1. The van der Waals surface area contributed by atoms with Gasteiger partial charge in [-0.1, -0.05) is 41.7 Å². The molecule has 0 aliphatic rings. The van der Waals surface area contributed by atoms with Crippen molar-refractivity contribution in [2.45, 2.75) is 12.5 Å². The monoisotopic (exact) mass is 385 g/mol. The van der Waals surface area contributed by atoms with E-state index in [9.17, 15) is 9.59 Å². The van der Waals surface area contributed by atoms with Crippen LogP contribution in [0.15, 0.2) is 54.6 Å². The molecule has 0 aliphatic carbocycles. The third-order valence-electron chi connectivity index (χ3n) is 3.79. The normalized spacial score (nSPS) is 11.9. The fraction of sp³-hybridized carbons (Fsp3) is 0.211. The van der Waals surface area contributed by atoms with E-state index in [2.05, 4.69) is 15.6 Å². The summed E-state index contributed by atoms with van der Waals surface area (Å²) >= 11 is 3.06. The van der Waals surface area contributed by atoms with Crippen LogP contribution in [-0.2, 0) is 4.79 Å². The lowest BCUT2D eigenvalue weighted by Crippen LogP contribution is -2.44. The zero-order valence-electron chi connectivity index (χ0n) is 14.3. The number of carbonyl (C=O) groups excluding carboxylic acids is 2. The third-order valence-corrected chi connectivity index (χ3v) is 5.39. The van der Waals surface area contributed by atoms with E-state index in [0.717, 1.165) is 16.0 Å². The molecule has 1 aromatic heterocycles. The number of hydrogen-bond donors (Lipinski definition) is 2. The van der Waals surface area contributed by atoms with Crippen molar-refractivity contribution in [2.75, 3.05) is 17.3 Å². The van der Waals surface area contributed by atoms with Crippen molar-refractivity contribution >= 4 is 50.3 Å². The number of thiazole rings is 1. The SMILES string of the molecule is CSCCC(NC(=O)c1ccccc1)C(=O)Nc1nc2ccccc2s1. The van der Waals surface area contributed by atoms with Crippen LogP contribution in [0, 0.1) is 0 Å². The van der Waals surface area contributed by atoms with Crippen LogP contribution in [0.2, 0.25) is 0 Å². The Balaban J connectivity index is 1.71. The minimum Gasteiger partial charge on any atom is -0.340 e. The summed E-state index contributed by atoms with van der Waals surface area (Å²) in [6, 6.07) is 16.0. The first-order valence-corrected chi connectivity index (χ1v) is 10.4. The van der Waals surface area contributed by atoms with Crippen LogP contribution in [0.5, 0.6) is 0 Å². The number of anilines is 1. The van der Waals surface area contributed by atoms with Crippen LogP contribution in [0.3, 0.4) is 0 Å². The Morgan fingerprint density at radius 1 is 1.12 bits per heavy atom. The molecule has 5 nitrogen and oxygen atoms in total. The highest BCUT2D eigenvalue weighted by molar-refractivity contribution is 7.98. The topological polar surface area (TPSA) is 71.1 Å². The second-order valence-corrected chi connectivity index (χ2v) is 7.67. The minimum atomic E-state index is -0.609. The molecule has 0 radical (unpaired) electrons. The number of benzene rings is 2. The minimum absolute atomic E-state index is 0.248. The molecule has 1 atom stereocenters. The maximum absolute atomic E-state index is 12.7. The first-order valence-electron chi connectivity index (χ1n) is 8.18. The molecule has 0 bridgehead atoms. The molecule has 3 aromatic rings. The van der Waals surface area contributed by atoms with E-state index >= 15 is 0 Å². The molecule has 3 rings (SSSR count). The predicted octanol–water partition coefficient (Wildman–Crippen LogP) is 3.79. The molecule has 0 spiro atoms. The van der Waals surface area contributed by atoms with Crippen molar-refractivity contribution in [1.29, 1.82) is 0 Å². The van der Waals surface area contributed by atoms with E-state index in [4.69, 9.17) is 0 Å². The summed E-state index contributed by atoms with van der Waals surface area (Å²) in [7, 11) is 0. The van der Waals surface area contributed by atoms with E-state index in [1.807, 2.05) is 36.6 Å². The molecular formula is C19H19N3O2S2. The molecule has 2 aromatic carbocycles. The van der Waals surface area contributed by atoms with Crippen molar-refractivity contribution in [3.05, 3.63) is 60.2 Å². The molecular weight excluding hydrogens is 366 g/mol. The number of thioether (sulfide) groups is 1. The third kappa shape index (κ3) is 4.62. The molecule has 0 fully saturated rings. The summed E-state index contributed by atoms with van der Waals surface area (Å²) in [5.74, 6) is 0.269. The van der Waals surface area contributed by atoms with Crippen LogP contribution in [0.4, 0.5) is 5.13 Å². The fourth-order valence-corrected chi connectivity index (χ4v) is 3.79. The van der Waals surface area contributed by atoms with Gasteiger partial charge in [0.1, 0.15) is 6.04 Å². The molecule has 0 saturated heterocycles. The summed E-state index contributed by atoms with van der Waals surface area (Å²) < 4.78 is 1.01. The van der Waals surface area contributed by atoms with Crippen LogP contribution in [-0.4, -0.2) is 34.8 Å². The lowest BCUT2D eigenvalue weighted by atomic mass is 10.1. The highest BCUT2D eigenvalue weighted by Crippen LogP contribution is 2.25. The largest absolute Gasteiger partial charge is 0.340 e. The summed E-state index contributed by atoms with van der Waals surface area (Å²) in [6.07, 6.45) is 2.53. The summed E-state index contributed by atoms with van der Waals surface area (Å²) in [5, 5.41) is 6.22. The lowest BCUT2D eigenvalue weighted by Gasteiger charge is -2.17. The maximum Gasteiger partial charge on any atom is 0.251 e. The van der Waals surface area contributed by atoms with Gasteiger partial charge in [-0.25, -0.2) is 4.98 Å². The number of hydrogen-bond acceptors (Lipinski definition) is 5. The zero-order chi connectivity index (χ0) is 18.4. The Bertz CT molecular complexity index is 863. The molecule has 7 heteroatoms. The van der Waals surface area contributed by atoms with Gasteiger partial charge in [-0.05, 0) is 42.7 Å². The number of fused-ring (bicyclic) bond motifs is 1. The van der Waals surface area contributed by atoms with E-state index in [1.54, 1.807) is 36.0 Å². The molecule has 1 heterocycles. The fourth-order valence-electron chi connectivity index (χ4n) is 2.45. The van der Waals surface area contributed by atoms with Gasteiger partial charge < -0.3 is 10.6 Å². The zero-order valence-corrected chi connectivity index (χ0v) is 15.9. The Hall–Kier alpha value is -2.38. The van der Waals surface area contributed by atoms with E-state index in [1.165, 1.54) is 11.3 Å². The van der Waals surface area contributed by atoms with Crippen molar-refractivity contribution in [2.24, 2.45) is 0 Å². The average Bonchev–Trinajstić information content (AvgIpc) is 3.07. The Kier molecular flexibility index (Phi) is 6.25. The molecule has 2 amide bonds. The first kappa shape index (κ1) is 18.4. The van der Waals surface area contributed by atoms with Crippen molar-refractivity contribution < 1.29 is 9.59 Å². The molecule has 1 unspecified atom stereocenters. The van der Waals surface area contributed by atoms with Gasteiger partial charge in [0, 0.05) is 5.56 Å². The summed E-state index contributed by atoms with van der Waals surface area (Å²) in [4.78, 5) is 29.5. The van der Waals surface area contributed by atoms with E-state index < -0.39 is 6.04 Å². The van der Waals surface area contributed by atoms with E-state index in [0.29, 0.717) is 17.1 Å². The first-order chi connectivity index (χ1) is 12.7. The van der Waals surface area contributed by atoms with Gasteiger partial charge in [0.2, 0.25) is 5.91 Å². The van der Waals surface area contributed by atoms with Crippen molar-refractivity contribution in [1.82, 2.24) is 10.3 Å².